The average Bonchev–Trinajstić information content (AvgIpc) is 2.67. The van der Waals surface area contributed by atoms with E-state index >= 15 is 0 Å². The molecule has 0 aliphatic heterocycles. The van der Waals surface area contributed by atoms with Crippen LogP contribution in [0.25, 0.3) is 0 Å². The molecule has 1 atom stereocenters. The molecule has 14 heteroatoms. The fourth-order valence-corrected chi connectivity index (χ4v) is 4.38. The van der Waals surface area contributed by atoms with E-state index in [1.54, 1.807) is 0 Å². The van der Waals surface area contributed by atoms with Gasteiger partial charge >= 0.3 is 6.18 Å². The highest BCUT2D eigenvalue weighted by atomic mass is 35.5. The lowest BCUT2D eigenvalue weighted by atomic mass is 10.1. The van der Waals surface area contributed by atoms with Gasteiger partial charge in [0, 0.05) is 7.05 Å². The molecular weight excluding hydrogens is 497 g/mol. The summed E-state index contributed by atoms with van der Waals surface area (Å²) in [5.41, 5.74) is -3.81. The van der Waals surface area contributed by atoms with E-state index in [2.05, 4.69) is 0 Å². The third-order valence-electron chi connectivity index (χ3n) is 4.50. The maximum Gasteiger partial charge on any atom is 0.426 e. The summed E-state index contributed by atoms with van der Waals surface area (Å²) in [7, 11) is -6.39. The number of benzene rings is 2. The lowest BCUT2D eigenvalue weighted by Crippen LogP contribution is -2.52. The lowest BCUT2D eigenvalue weighted by Gasteiger charge is -2.25. The molecule has 0 saturated carbocycles. The largest absolute Gasteiger partial charge is 0.426 e. The first-order valence-corrected chi connectivity index (χ1v) is 12.3. The lowest BCUT2D eigenvalue weighted by molar-refractivity contribution is -0.242. The van der Waals surface area contributed by atoms with E-state index in [9.17, 15) is 39.9 Å². The summed E-state index contributed by atoms with van der Waals surface area (Å²) in [5, 5.41) is 10.8. The molecule has 2 N–H and O–H groups in total. The van der Waals surface area contributed by atoms with E-state index in [1.165, 1.54) is 31.3 Å². The van der Waals surface area contributed by atoms with Crippen molar-refractivity contribution in [2.24, 2.45) is 0 Å². The van der Waals surface area contributed by atoms with Gasteiger partial charge in [0.25, 0.3) is 5.91 Å². The maximum absolute atomic E-state index is 12.8. The first-order valence-electron chi connectivity index (χ1n) is 8.58. The number of hydrogen-bond donors (Lipinski definition) is 2. The maximum atomic E-state index is 12.8. The second-order valence-electron chi connectivity index (χ2n) is 6.89. The van der Waals surface area contributed by atoms with Crippen LogP contribution in [0.5, 0.6) is 0 Å². The number of amides is 1. The minimum absolute atomic E-state index is 0.198. The van der Waals surface area contributed by atoms with Gasteiger partial charge in [0.15, 0.2) is 0 Å². The number of sulfonamides is 1. The number of sulfone groups is 1. The van der Waals surface area contributed by atoms with Crippen molar-refractivity contribution in [1.29, 1.82) is 0 Å². The molecule has 2 rings (SSSR count). The van der Waals surface area contributed by atoms with Gasteiger partial charge < -0.3 is 10.4 Å². The van der Waals surface area contributed by atoms with Crippen LogP contribution in [0.1, 0.15) is 6.92 Å². The molecule has 0 radical (unpaired) electrons. The third-order valence-corrected chi connectivity index (χ3v) is 7.79. The number of alkyl halides is 3. The molecule has 2 aromatic rings. The highest BCUT2D eigenvalue weighted by Gasteiger charge is 2.55. The topological polar surface area (TPSA) is 121 Å². The average molecular weight is 515 g/mol. The van der Waals surface area contributed by atoms with Crippen molar-refractivity contribution < 1.29 is 39.9 Å². The Bertz CT molecular complexity index is 1240. The summed E-state index contributed by atoms with van der Waals surface area (Å²) >= 11 is 5.93. The van der Waals surface area contributed by atoms with E-state index < -0.39 is 37.5 Å². The number of nitrogens with one attached hydrogen (secondary N) is 1. The van der Waals surface area contributed by atoms with Crippen LogP contribution in [0, 0.1) is 0 Å². The van der Waals surface area contributed by atoms with E-state index in [0.717, 1.165) is 28.8 Å². The van der Waals surface area contributed by atoms with Crippen molar-refractivity contribution in [3.8, 4) is 0 Å². The Morgan fingerprint density at radius 1 is 1.03 bits per heavy atom. The molecule has 2 aromatic carbocycles. The Morgan fingerprint density at radius 2 is 1.53 bits per heavy atom. The predicted molar refractivity (Wildman–Crippen MR) is 112 cm³/mol. The normalized spacial score (nSPS) is 14.5. The molecular formula is C18H18ClF3N2O6S2. The molecule has 0 aliphatic rings. The van der Waals surface area contributed by atoms with Crippen LogP contribution >= 0.6 is 11.6 Å². The molecule has 0 saturated heterocycles. The molecule has 1 amide bonds. The zero-order valence-corrected chi connectivity index (χ0v) is 19.2. The molecule has 176 valence electrons. The molecule has 0 heterocycles. The van der Waals surface area contributed by atoms with Crippen molar-refractivity contribution in [3.05, 3.63) is 47.5 Å². The summed E-state index contributed by atoms with van der Waals surface area (Å²) in [6.45, 7) is 0.264. The van der Waals surface area contributed by atoms with Crippen molar-refractivity contribution in [2.45, 2.75) is 28.5 Å². The minimum atomic E-state index is -5.25. The molecule has 0 fully saturated rings. The molecule has 0 unspecified atom stereocenters. The van der Waals surface area contributed by atoms with Crippen molar-refractivity contribution in [1.82, 2.24) is 0 Å². The minimum Gasteiger partial charge on any atom is -0.373 e. The zero-order chi connectivity index (χ0) is 24.7. The van der Waals surface area contributed by atoms with Crippen LogP contribution < -0.4 is 9.62 Å². The van der Waals surface area contributed by atoms with Crippen LogP contribution in [0.2, 0.25) is 5.02 Å². The van der Waals surface area contributed by atoms with Gasteiger partial charge in [0.05, 0.1) is 32.4 Å². The number of nitrogens with zero attached hydrogens (tertiary/aromatic N) is 1. The fraction of sp³-hybridized carbons (Fsp3) is 0.278. The Kier molecular flexibility index (Phi) is 6.91. The number of rotatable bonds is 6. The zero-order valence-electron chi connectivity index (χ0n) is 16.8. The van der Waals surface area contributed by atoms with Gasteiger partial charge in [-0.25, -0.2) is 16.8 Å². The monoisotopic (exact) mass is 514 g/mol. The number of carbonyl (C=O) groups excluding carboxylic acids is 1. The third kappa shape index (κ3) is 5.17. The molecule has 32 heavy (non-hydrogen) atoms. The van der Waals surface area contributed by atoms with Crippen LogP contribution in [0.3, 0.4) is 0 Å². The molecule has 0 spiro atoms. The summed E-state index contributed by atoms with van der Waals surface area (Å²) < 4.78 is 88.1. The van der Waals surface area contributed by atoms with Gasteiger partial charge in [-0.3, -0.25) is 9.10 Å². The highest BCUT2D eigenvalue weighted by molar-refractivity contribution is 7.92. The Hall–Kier alpha value is -2.35. The summed E-state index contributed by atoms with van der Waals surface area (Å²) in [4.78, 5) is 11.3. The summed E-state index contributed by atoms with van der Waals surface area (Å²) in [6.07, 6.45) is -4.27. The number of carbonyl (C=O) groups is 1. The number of anilines is 2. The Labute approximate surface area is 187 Å². The van der Waals surface area contributed by atoms with Crippen LogP contribution in [0.15, 0.2) is 52.3 Å². The van der Waals surface area contributed by atoms with Crippen molar-refractivity contribution >= 4 is 48.7 Å². The van der Waals surface area contributed by atoms with Gasteiger partial charge in [-0.1, -0.05) is 11.6 Å². The van der Waals surface area contributed by atoms with Crippen LogP contribution in [-0.4, -0.2) is 52.9 Å². The van der Waals surface area contributed by atoms with E-state index in [4.69, 9.17) is 11.6 Å². The fourth-order valence-electron chi connectivity index (χ4n) is 2.30. The first kappa shape index (κ1) is 25.9. The van der Waals surface area contributed by atoms with Crippen molar-refractivity contribution in [2.75, 3.05) is 22.9 Å². The highest BCUT2D eigenvalue weighted by Crippen LogP contribution is 2.33. The quantitative estimate of drug-likeness (QED) is 0.611. The Morgan fingerprint density at radius 3 is 1.97 bits per heavy atom. The van der Waals surface area contributed by atoms with E-state index in [1.807, 2.05) is 5.32 Å². The molecule has 0 aliphatic carbocycles. The number of halogens is 4. The second kappa shape index (κ2) is 8.54. The summed E-state index contributed by atoms with van der Waals surface area (Å²) in [5.74, 6) is -1.80. The van der Waals surface area contributed by atoms with E-state index in [0.29, 0.717) is 0 Å². The smallest absolute Gasteiger partial charge is 0.373 e. The SMILES string of the molecule is CN(c1ccc(S(=O)(=O)c2ccc(NC(=O)[C@@](C)(O)C(F)(F)F)c(Cl)c2)cc1)S(C)(=O)=O. The summed E-state index contributed by atoms with van der Waals surface area (Å²) in [6, 6.07) is 7.83. The van der Waals surface area contributed by atoms with Gasteiger partial charge in [-0.2, -0.15) is 13.2 Å². The van der Waals surface area contributed by atoms with Gasteiger partial charge in [0.1, 0.15) is 0 Å². The molecule has 0 bridgehead atoms. The number of hydrogen-bond acceptors (Lipinski definition) is 6. The first-order chi connectivity index (χ1) is 14.4. The van der Waals surface area contributed by atoms with Crippen molar-refractivity contribution in [3.63, 3.8) is 0 Å². The standard InChI is InChI=1S/C18H18ClF3N2O6S2/c1-17(26,18(20,21)22)16(25)23-15-9-8-13(10-14(15)19)32(29,30)12-6-4-11(5-7-12)24(2)31(3,27)28/h4-10,26H,1-3H3,(H,23,25)/t17-/m1/s1. The van der Waals surface area contributed by atoms with Crippen LogP contribution in [-0.2, 0) is 24.7 Å². The predicted octanol–water partition coefficient (Wildman–Crippen LogP) is 2.82. The Balaban J connectivity index is 2.33. The molecule has 0 aromatic heterocycles. The van der Waals surface area contributed by atoms with Gasteiger partial charge in [-0.05, 0) is 49.4 Å². The van der Waals surface area contributed by atoms with Gasteiger partial charge in [-0.15, -0.1) is 0 Å². The molecule has 8 nitrogen and oxygen atoms in total. The number of aliphatic hydroxyl groups is 1. The van der Waals surface area contributed by atoms with Gasteiger partial charge in [0.2, 0.25) is 25.5 Å². The van der Waals surface area contributed by atoms with Crippen LogP contribution in [0.4, 0.5) is 24.5 Å². The second-order valence-corrected chi connectivity index (χ2v) is 11.3. The van der Waals surface area contributed by atoms with E-state index in [-0.39, 0.29) is 33.1 Å².